The third-order valence-corrected chi connectivity index (χ3v) is 2.45. The summed E-state index contributed by atoms with van der Waals surface area (Å²) in [6.07, 6.45) is 1.86. The monoisotopic (exact) mass is 208 g/mol. The quantitative estimate of drug-likeness (QED) is 0.553. The fourth-order valence-electron chi connectivity index (χ4n) is 1.59. The van der Waals surface area contributed by atoms with Gasteiger partial charge in [0.15, 0.2) is 0 Å². The zero-order valence-corrected chi connectivity index (χ0v) is 9.26. The van der Waals surface area contributed by atoms with E-state index < -0.39 is 0 Å². The zero-order chi connectivity index (χ0) is 11.1. The van der Waals surface area contributed by atoms with E-state index in [0.717, 1.165) is 25.1 Å². The summed E-state index contributed by atoms with van der Waals surface area (Å²) in [5.41, 5.74) is 1.04. The van der Waals surface area contributed by atoms with Gasteiger partial charge < -0.3 is 10.1 Å². The van der Waals surface area contributed by atoms with Crippen molar-refractivity contribution < 1.29 is 5.11 Å². The minimum absolute atomic E-state index is 0.264. The second-order valence-corrected chi connectivity index (χ2v) is 3.96. The number of para-hydroxylation sites is 1. The highest BCUT2D eigenvalue weighted by Gasteiger charge is 2.06. The number of anilines is 1. The van der Waals surface area contributed by atoms with Crippen LogP contribution in [0.3, 0.4) is 0 Å². The van der Waals surface area contributed by atoms with E-state index in [-0.39, 0.29) is 6.61 Å². The normalized spacial score (nSPS) is 12.5. The minimum atomic E-state index is 0.264. The van der Waals surface area contributed by atoms with Crippen LogP contribution in [0, 0.1) is 5.92 Å². The van der Waals surface area contributed by atoms with Gasteiger partial charge in [0.1, 0.15) is 0 Å². The summed E-state index contributed by atoms with van der Waals surface area (Å²) < 4.78 is 0. The molecule has 0 heterocycles. The number of benzene rings is 1. The molecule has 1 rings (SSSR count). The highest BCUT2D eigenvalue weighted by molar-refractivity contribution is 5.44. The number of hydrogen-bond donors (Lipinski definition) is 2. The number of hydrogen-bond acceptors (Lipinski definition) is 3. The van der Waals surface area contributed by atoms with Gasteiger partial charge in [-0.3, -0.25) is 0 Å². The minimum Gasteiger partial charge on any atom is -0.396 e. The molecule has 0 aromatic heterocycles. The second-order valence-electron chi connectivity index (χ2n) is 3.96. The summed E-state index contributed by atoms with van der Waals surface area (Å²) in [5.74, 6) is 6.44. The first-order chi connectivity index (χ1) is 7.24. The van der Waals surface area contributed by atoms with Crippen molar-refractivity contribution in [3.05, 3.63) is 30.3 Å². The topological polar surface area (TPSA) is 49.5 Å². The van der Waals surface area contributed by atoms with Crippen molar-refractivity contribution >= 4 is 5.69 Å². The van der Waals surface area contributed by atoms with Crippen molar-refractivity contribution in [1.82, 2.24) is 0 Å². The van der Waals surface area contributed by atoms with Gasteiger partial charge in [-0.05, 0) is 30.9 Å². The molecular formula is C12H20N2O. The van der Waals surface area contributed by atoms with Crippen LogP contribution < -0.4 is 10.9 Å². The molecule has 1 atom stereocenters. The van der Waals surface area contributed by atoms with Crippen LogP contribution in [0.4, 0.5) is 5.69 Å². The predicted molar refractivity (Wildman–Crippen MR) is 63.5 cm³/mol. The lowest BCUT2D eigenvalue weighted by atomic mass is 10.1. The molecule has 3 N–H and O–H groups in total. The number of nitrogens with zero attached hydrogens (tertiary/aromatic N) is 1. The van der Waals surface area contributed by atoms with Crippen LogP contribution in [-0.2, 0) is 0 Å². The molecule has 0 spiro atoms. The average molecular weight is 208 g/mol. The van der Waals surface area contributed by atoms with E-state index in [1.54, 1.807) is 5.01 Å². The average Bonchev–Trinajstić information content (AvgIpc) is 2.27. The second kappa shape index (κ2) is 6.43. The van der Waals surface area contributed by atoms with Crippen molar-refractivity contribution in [2.24, 2.45) is 11.8 Å². The van der Waals surface area contributed by atoms with Gasteiger partial charge in [-0.25, -0.2) is 5.84 Å². The van der Waals surface area contributed by atoms with E-state index in [0.29, 0.717) is 5.92 Å². The Morgan fingerprint density at radius 2 is 2.00 bits per heavy atom. The lowest BCUT2D eigenvalue weighted by Gasteiger charge is -2.22. The van der Waals surface area contributed by atoms with E-state index >= 15 is 0 Å². The Balaban J connectivity index is 2.38. The molecule has 0 amide bonds. The molecule has 0 bridgehead atoms. The van der Waals surface area contributed by atoms with Crippen molar-refractivity contribution in [1.29, 1.82) is 0 Å². The Bertz CT molecular complexity index is 264. The predicted octanol–water partition coefficient (Wildman–Crippen LogP) is 1.78. The highest BCUT2D eigenvalue weighted by atomic mass is 16.2. The van der Waals surface area contributed by atoms with Crippen molar-refractivity contribution in [3.63, 3.8) is 0 Å². The Labute approximate surface area is 91.5 Å². The lowest BCUT2D eigenvalue weighted by Crippen LogP contribution is -2.35. The van der Waals surface area contributed by atoms with Gasteiger partial charge in [0.25, 0.3) is 0 Å². The van der Waals surface area contributed by atoms with Crippen molar-refractivity contribution in [2.75, 3.05) is 18.2 Å². The van der Waals surface area contributed by atoms with Crippen molar-refractivity contribution in [3.8, 4) is 0 Å². The number of aliphatic hydroxyl groups excluding tert-OH is 1. The summed E-state index contributed by atoms with van der Waals surface area (Å²) >= 11 is 0. The lowest BCUT2D eigenvalue weighted by molar-refractivity contribution is 0.274. The molecule has 3 heteroatoms. The van der Waals surface area contributed by atoms with Crippen LogP contribution in [0.5, 0.6) is 0 Å². The van der Waals surface area contributed by atoms with Gasteiger partial charge >= 0.3 is 0 Å². The molecule has 3 nitrogen and oxygen atoms in total. The molecule has 1 unspecified atom stereocenters. The Morgan fingerprint density at radius 1 is 1.33 bits per heavy atom. The van der Waals surface area contributed by atoms with Gasteiger partial charge in [-0.2, -0.15) is 0 Å². The smallest absolute Gasteiger partial charge is 0.0517 e. The van der Waals surface area contributed by atoms with Gasteiger partial charge in [0.2, 0.25) is 0 Å². The van der Waals surface area contributed by atoms with E-state index in [2.05, 4.69) is 6.92 Å². The molecule has 0 radical (unpaired) electrons. The summed E-state index contributed by atoms with van der Waals surface area (Å²) in [7, 11) is 0. The molecule has 1 aromatic carbocycles. The Kier molecular flexibility index (Phi) is 5.15. The maximum absolute atomic E-state index is 8.72. The standard InChI is InChI=1S/C12H20N2O/c1-11(6-5-9-15)10-14(13)12-7-3-2-4-8-12/h2-4,7-8,11,15H,5-6,9-10,13H2,1H3. The molecule has 0 saturated heterocycles. The Morgan fingerprint density at radius 3 is 2.60 bits per heavy atom. The molecule has 0 aliphatic rings. The molecular weight excluding hydrogens is 188 g/mol. The van der Waals surface area contributed by atoms with Crippen LogP contribution in [0.25, 0.3) is 0 Å². The number of aliphatic hydroxyl groups is 1. The number of nitrogens with two attached hydrogens (primary N) is 1. The van der Waals surface area contributed by atoms with E-state index in [4.69, 9.17) is 10.9 Å². The third kappa shape index (κ3) is 4.32. The van der Waals surface area contributed by atoms with E-state index in [9.17, 15) is 0 Å². The largest absolute Gasteiger partial charge is 0.396 e. The molecule has 0 aliphatic carbocycles. The van der Waals surface area contributed by atoms with E-state index in [1.165, 1.54) is 0 Å². The van der Waals surface area contributed by atoms with Crippen LogP contribution in [-0.4, -0.2) is 18.3 Å². The highest BCUT2D eigenvalue weighted by Crippen LogP contribution is 2.13. The first-order valence-electron chi connectivity index (χ1n) is 5.42. The van der Waals surface area contributed by atoms with Crippen molar-refractivity contribution in [2.45, 2.75) is 19.8 Å². The summed E-state index contributed by atoms with van der Waals surface area (Å²) in [5, 5.41) is 10.5. The van der Waals surface area contributed by atoms with Crippen LogP contribution >= 0.6 is 0 Å². The first kappa shape index (κ1) is 12.0. The molecule has 0 saturated carbocycles. The molecule has 1 aromatic rings. The molecule has 84 valence electrons. The van der Waals surface area contributed by atoms with Crippen LogP contribution in [0.2, 0.25) is 0 Å². The molecule has 15 heavy (non-hydrogen) atoms. The van der Waals surface area contributed by atoms with Gasteiger partial charge in [0, 0.05) is 13.2 Å². The van der Waals surface area contributed by atoms with Gasteiger partial charge in [-0.1, -0.05) is 25.1 Å². The van der Waals surface area contributed by atoms with Crippen LogP contribution in [0.15, 0.2) is 30.3 Å². The molecule has 0 aliphatic heterocycles. The molecule has 0 fully saturated rings. The zero-order valence-electron chi connectivity index (χ0n) is 9.26. The maximum Gasteiger partial charge on any atom is 0.0517 e. The maximum atomic E-state index is 8.72. The first-order valence-corrected chi connectivity index (χ1v) is 5.42. The van der Waals surface area contributed by atoms with Gasteiger partial charge in [0.05, 0.1) is 5.69 Å². The summed E-state index contributed by atoms with van der Waals surface area (Å²) in [6, 6.07) is 9.94. The summed E-state index contributed by atoms with van der Waals surface area (Å²) in [6.45, 7) is 3.24. The SMILES string of the molecule is CC(CCCO)CN(N)c1ccccc1. The van der Waals surface area contributed by atoms with Gasteiger partial charge in [-0.15, -0.1) is 0 Å². The van der Waals surface area contributed by atoms with E-state index in [1.807, 2.05) is 30.3 Å². The van der Waals surface area contributed by atoms with Crippen LogP contribution in [0.1, 0.15) is 19.8 Å². The summed E-state index contributed by atoms with van der Waals surface area (Å²) in [4.78, 5) is 0. The fourth-order valence-corrected chi connectivity index (χ4v) is 1.59. The number of rotatable bonds is 6. The number of hydrazine groups is 1. The fraction of sp³-hybridized carbons (Fsp3) is 0.500. The third-order valence-electron chi connectivity index (χ3n) is 2.45. The Hall–Kier alpha value is -1.06.